The Morgan fingerprint density at radius 3 is 2.67 bits per heavy atom. The number of hydrazine groups is 1. The zero-order valence-electron chi connectivity index (χ0n) is 12.9. The van der Waals surface area contributed by atoms with Crippen molar-refractivity contribution in [1.29, 1.82) is 0 Å². The molecule has 1 atom stereocenters. The molecule has 0 aliphatic carbocycles. The van der Waals surface area contributed by atoms with Crippen LogP contribution in [0.5, 0.6) is 5.75 Å². The lowest BCUT2D eigenvalue weighted by atomic mass is 10.00. The minimum Gasteiger partial charge on any atom is -0.496 e. The van der Waals surface area contributed by atoms with E-state index < -0.39 is 0 Å². The van der Waals surface area contributed by atoms with Crippen molar-refractivity contribution in [2.24, 2.45) is 5.84 Å². The van der Waals surface area contributed by atoms with Crippen molar-refractivity contribution in [1.82, 2.24) is 10.4 Å². The molecular weight excluding hydrogens is 262 g/mol. The Kier molecular flexibility index (Phi) is 5.31. The fourth-order valence-electron chi connectivity index (χ4n) is 2.32. The lowest BCUT2D eigenvalue weighted by molar-refractivity contribution is 0.409. The molecule has 1 unspecified atom stereocenters. The summed E-state index contributed by atoms with van der Waals surface area (Å²) >= 11 is 0. The molecule has 0 spiro atoms. The van der Waals surface area contributed by atoms with Gasteiger partial charge < -0.3 is 4.74 Å². The molecule has 0 amide bonds. The van der Waals surface area contributed by atoms with E-state index in [-0.39, 0.29) is 6.04 Å². The van der Waals surface area contributed by atoms with Crippen LogP contribution in [-0.2, 0) is 12.8 Å². The average Bonchev–Trinajstić information content (AvgIpc) is 2.54. The molecule has 1 aromatic carbocycles. The molecule has 4 heteroatoms. The summed E-state index contributed by atoms with van der Waals surface area (Å²) < 4.78 is 5.38. The molecule has 0 bridgehead atoms. The van der Waals surface area contributed by atoms with Crippen LogP contribution < -0.4 is 16.0 Å². The summed E-state index contributed by atoms with van der Waals surface area (Å²) in [6, 6.07) is 10.3. The van der Waals surface area contributed by atoms with Gasteiger partial charge in [0.2, 0.25) is 0 Å². The highest BCUT2D eigenvalue weighted by atomic mass is 16.5. The summed E-state index contributed by atoms with van der Waals surface area (Å²) in [7, 11) is 1.68. The summed E-state index contributed by atoms with van der Waals surface area (Å²) in [5.41, 5.74) is 7.35. The van der Waals surface area contributed by atoms with Crippen LogP contribution in [0.4, 0.5) is 0 Å². The van der Waals surface area contributed by atoms with Crippen LogP contribution in [0.1, 0.15) is 35.3 Å². The second-order valence-electron chi connectivity index (χ2n) is 5.16. The maximum atomic E-state index is 5.72. The van der Waals surface area contributed by atoms with Crippen molar-refractivity contribution in [2.75, 3.05) is 7.11 Å². The predicted octanol–water partition coefficient (Wildman–Crippen LogP) is 2.71. The first kappa shape index (κ1) is 15.5. The van der Waals surface area contributed by atoms with Gasteiger partial charge >= 0.3 is 0 Å². The minimum atomic E-state index is 0.0134. The number of methoxy groups -OCH3 is 1. The SMILES string of the molecule is CCc1ccc(CC(NN)c2ccc(C)c(OC)c2)nc1. The third-order valence-electron chi connectivity index (χ3n) is 3.74. The van der Waals surface area contributed by atoms with Crippen LogP contribution in [0.15, 0.2) is 36.5 Å². The number of nitrogens with one attached hydrogen (secondary N) is 1. The van der Waals surface area contributed by atoms with E-state index in [9.17, 15) is 0 Å². The van der Waals surface area contributed by atoms with E-state index in [1.165, 1.54) is 5.56 Å². The smallest absolute Gasteiger partial charge is 0.122 e. The molecule has 0 radical (unpaired) electrons. The molecule has 0 aliphatic heterocycles. The van der Waals surface area contributed by atoms with E-state index >= 15 is 0 Å². The van der Waals surface area contributed by atoms with Crippen LogP contribution in [0, 0.1) is 6.92 Å². The summed E-state index contributed by atoms with van der Waals surface area (Å²) in [5, 5.41) is 0. The topological polar surface area (TPSA) is 60.2 Å². The first-order chi connectivity index (χ1) is 10.2. The first-order valence-electron chi connectivity index (χ1n) is 7.22. The Balaban J connectivity index is 2.18. The van der Waals surface area contributed by atoms with E-state index in [0.29, 0.717) is 0 Å². The zero-order chi connectivity index (χ0) is 15.2. The van der Waals surface area contributed by atoms with Gasteiger partial charge in [-0.2, -0.15) is 0 Å². The van der Waals surface area contributed by atoms with Crippen molar-refractivity contribution >= 4 is 0 Å². The predicted molar refractivity (Wildman–Crippen MR) is 85.1 cm³/mol. The Morgan fingerprint density at radius 2 is 2.10 bits per heavy atom. The largest absolute Gasteiger partial charge is 0.496 e. The van der Waals surface area contributed by atoms with Crippen LogP contribution in [-0.4, -0.2) is 12.1 Å². The van der Waals surface area contributed by atoms with E-state index in [1.807, 2.05) is 25.3 Å². The highest BCUT2D eigenvalue weighted by molar-refractivity contribution is 5.38. The number of aryl methyl sites for hydroxylation is 2. The van der Waals surface area contributed by atoms with Gasteiger partial charge in [-0.25, -0.2) is 0 Å². The van der Waals surface area contributed by atoms with Crippen LogP contribution in [0.3, 0.4) is 0 Å². The number of nitrogens with zero attached hydrogens (tertiary/aromatic N) is 1. The van der Waals surface area contributed by atoms with Crippen molar-refractivity contribution < 1.29 is 4.74 Å². The van der Waals surface area contributed by atoms with Crippen molar-refractivity contribution in [2.45, 2.75) is 32.7 Å². The Hall–Kier alpha value is -1.91. The normalized spacial score (nSPS) is 12.2. The summed E-state index contributed by atoms with van der Waals surface area (Å²) in [5.74, 6) is 6.60. The van der Waals surface area contributed by atoms with Gasteiger partial charge in [0, 0.05) is 18.3 Å². The maximum Gasteiger partial charge on any atom is 0.122 e. The molecule has 0 aliphatic rings. The van der Waals surface area contributed by atoms with Gasteiger partial charge in [0.15, 0.2) is 0 Å². The van der Waals surface area contributed by atoms with E-state index in [1.54, 1.807) is 7.11 Å². The zero-order valence-corrected chi connectivity index (χ0v) is 12.9. The summed E-state index contributed by atoms with van der Waals surface area (Å²) in [4.78, 5) is 4.50. The standard InChI is InChI=1S/C17H23N3O/c1-4-13-6-8-15(19-11-13)10-16(20-18)14-7-5-12(2)17(9-14)21-3/h5-9,11,16,20H,4,10,18H2,1-3H3. The molecule has 2 rings (SSSR count). The monoisotopic (exact) mass is 285 g/mol. The molecule has 21 heavy (non-hydrogen) atoms. The molecule has 112 valence electrons. The second kappa shape index (κ2) is 7.20. The number of nitrogens with two attached hydrogens (primary N) is 1. The quantitative estimate of drug-likeness (QED) is 0.633. The Bertz CT molecular complexity index is 581. The number of ether oxygens (including phenoxy) is 1. The molecular formula is C17H23N3O. The molecule has 1 heterocycles. The number of rotatable bonds is 6. The Labute approximate surface area is 126 Å². The fourth-order valence-corrected chi connectivity index (χ4v) is 2.32. The second-order valence-corrected chi connectivity index (χ2v) is 5.16. The average molecular weight is 285 g/mol. The number of benzene rings is 1. The van der Waals surface area contributed by atoms with Gasteiger partial charge in [-0.05, 0) is 42.2 Å². The lowest BCUT2D eigenvalue weighted by Gasteiger charge is -2.17. The fraction of sp³-hybridized carbons (Fsp3) is 0.353. The van der Waals surface area contributed by atoms with Crippen LogP contribution in [0.25, 0.3) is 0 Å². The molecule has 0 saturated carbocycles. The highest BCUT2D eigenvalue weighted by Gasteiger charge is 2.13. The van der Waals surface area contributed by atoms with Gasteiger partial charge in [0.05, 0.1) is 13.2 Å². The molecule has 0 saturated heterocycles. The minimum absolute atomic E-state index is 0.0134. The number of pyridine rings is 1. The van der Waals surface area contributed by atoms with Gasteiger partial charge in [-0.1, -0.05) is 25.1 Å². The molecule has 3 N–H and O–H groups in total. The molecule has 0 fully saturated rings. The van der Waals surface area contributed by atoms with Crippen LogP contribution in [0.2, 0.25) is 0 Å². The highest BCUT2D eigenvalue weighted by Crippen LogP contribution is 2.24. The number of hydrogen-bond donors (Lipinski definition) is 2. The number of aromatic nitrogens is 1. The molecule has 2 aromatic rings. The summed E-state index contributed by atoms with van der Waals surface area (Å²) in [6.45, 7) is 4.15. The van der Waals surface area contributed by atoms with Crippen LogP contribution >= 0.6 is 0 Å². The van der Waals surface area contributed by atoms with Gasteiger partial charge in [-0.3, -0.25) is 16.3 Å². The summed E-state index contributed by atoms with van der Waals surface area (Å²) in [6.07, 6.45) is 3.67. The lowest BCUT2D eigenvalue weighted by Crippen LogP contribution is -2.29. The van der Waals surface area contributed by atoms with E-state index in [0.717, 1.165) is 35.4 Å². The first-order valence-corrected chi connectivity index (χ1v) is 7.22. The van der Waals surface area contributed by atoms with Crippen molar-refractivity contribution in [3.63, 3.8) is 0 Å². The molecule has 1 aromatic heterocycles. The van der Waals surface area contributed by atoms with E-state index in [4.69, 9.17) is 10.6 Å². The van der Waals surface area contributed by atoms with Crippen molar-refractivity contribution in [3.05, 3.63) is 58.9 Å². The van der Waals surface area contributed by atoms with Gasteiger partial charge in [0.25, 0.3) is 0 Å². The molecule has 4 nitrogen and oxygen atoms in total. The third kappa shape index (κ3) is 3.80. The third-order valence-corrected chi connectivity index (χ3v) is 3.74. The van der Waals surface area contributed by atoms with Gasteiger partial charge in [0.1, 0.15) is 5.75 Å². The maximum absolute atomic E-state index is 5.72. The number of hydrogen-bond acceptors (Lipinski definition) is 4. The Morgan fingerprint density at radius 1 is 1.29 bits per heavy atom. The van der Waals surface area contributed by atoms with Crippen molar-refractivity contribution in [3.8, 4) is 5.75 Å². The van der Waals surface area contributed by atoms with Gasteiger partial charge in [-0.15, -0.1) is 0 Å². The van der Waals surface area contributed by atoms with E-state index in [2.05, 4.69) is 35.5 Å².